The fraction of sp³-hybridized carbons (Fsp3) is 0.154. The second-order valence-corrected chi connectivity index (χ2v) is 4.85. The van der Waals surface area contributed by atoms with Gasteiger partial charge in [0.05, 0.1) is 6.20 Å². The summed E-state index contributed by atoms with van der Waals surface area (Å²) in [4.78, 5) is 7.50. The zero-order chi connectivity index (χ0) is 15.2. The van der Waals surface area contributed by atoms with Crippen LogP contribution >= 0.6 is 11.6 Å². The molecule has 0 aliphatic carbocycles. The number of hydrogen-bond donors (Lipinski definition) is 0. The van der Waals surface area contributed by atoms with Crippen LogP contribution in [0.1, 0.15) is 12.6 Å². The Balaban J connectivity index is 2.24. The molecule has 0 N–H and O–H groups in total. The van der Waals surface area contributed by atoms with Crippen molar-refractivity contribution in [3.05, 3.63) is 47.3 Å². The lowest BCUT2D eigenvalue weighted by Gasteiger charge is -2.11. The number of fused-ring (bicyclic) bond motifs is 1. The second kappa shape index (κ2) is 4.70. The highest BCUT2D eigenvalue weighted by molar-refractivity contribution is 6.30. The number of rotatable bonds is 2. The van der Waals surface area contributed by atoms with E-state index in [0.29, 0.717) is 5.39 Å². The van der Waals surface area contributed by atoms with Crippen molar-refractivity contribution in [1.29, 1.82) is 0 Å². The van der Waals surface area contributed by atoms with Crippen LogP contribution in [0.15, 0.2) is 30.6 Å². The molecule has 3 rings (SSSR count). The van der Waals surface area contributed by atoms with Gasteiger partial charge in [-0.25, -0.2) is 19.0 Å². The molecule has 0 amide bonds. The number of hydrogen-bond acceptors (Lipinski definition) is 3. The van der Waals surface area contributed by atoms with Gasteiger partial charge in [0.2, 0.25) is 0 Å². The Bertz CT molecular complexity index is 826. The molecule has 0 aromatic carbocycles. The van der Waals surface area contributed by atoms with Gasteiger partial charge in [-0.3, -0.25) is 0 Å². The van der Waals surface area contributed by atoms with Crippen molar-refractivity contribution < 1.29 is 13.2 Å². The van der Waals surface area contributed by atoms with Crippen molar-refractivity contribution in [2.45, 2.75) is 12.8 Å². The third kappa shape index (κ3) is 2.33. The van der Waals surface area contributed by atoms with Crippen molar-refractivity contribution >= 4 is 22.5 Å². The van der Waals surface area contributed by atoms with Gasteiger partial charge in [0.15, 0.2) is 16.8 Å². The van der Waals surface area contributed by atoms with E-state index in [1.54, 1.807) is 0 Å². The highest BCUT2D eigenvalue weighted by atomic mass is 35.5. The molecule has 0 bridgehead atoms. The maximum atomic E-state index is 14.1. The minimum absolute atomic E-state index is 0.0408. The van der Waals surface area contributed by atoms with Crippen molar-refractivity contribution in [2.75, 3.05) is 0 Å². The van der Waals surface area contributed by atoms with E-state index < -0.39 is 17.4 Å². The van der Waals surface area contributed by atoms with Gasteiger partial charge in [-0.05, 0) is 12.1 Å². The average Bonchev–Trinajstić information content (AvgIpc) is 2.87. The Kier molecular flexibility index (Phi) is 3.09. The lowest BCUT2D eigenvalue weighted by atomic mass is 10.2. The lowest BCUT2D eigenvalue weighted by molar-refractivity contribution is 0.0127. The standard InChI is InChI=1S/C13H8ClF3N4/c1-13(16,17)8-3-2-4-9(20-8)21-11-7(6-19-21)5-18-12(14)10(11)15/h2-6H,1H3. The molecular formula is C13H8ClF3N4. The summed E-state index contributed by atoms with van der Waals surface area (Å²) in [7, 11) is 0. The Hall–Kier alpha value is -2.15. The summed E-state index contributed by atoms with van der Waals surface area (Å²) in [6.45, 7) is 0.738. The summed E-state index contributed by atoms with van der Waals surface area (Å²) in [5.74, 6) is -3.80. The number of alkyl halides is 2. The van der Waals surface area contributed by atoms with Gasteiger partial charge < -0.3 is 0 Å². The average molecular weight is 313 g/mol. The quantitative estimate of drug-likeness (QED) is 0.677. The van der Waals surface area contributed by atoms with Crippen LogP contribution in [-0.2, 0) is 5.92 Å². The molecule has 108 valence electrons. The van der Waals surface area contributed by atoms with E-state index >= 15 is 0 Å². The highest BCUT2D eigenvalue weighted by Crippen LogP contribution is 2.27. The predicted molar refractivity (Wildman–Crippen MR) is 71.2 cm³/mol. The second-order valence-electron chi connectivity index (χ2n) is 4.49. The molecule has 0 radical (unpaired) electrons. The molecule has 3 aromatic rings. The van der Waals surface area contributed by atoms with Crippen molar-refractivity contribution in [3.63, 3.8) is 0 Å². The Morgan fingerprint density at radius 1 is 1.24 bits per heavy atom. The van der Waals surface area contributed by atoms with Gasteiger partial charge in [0, 0.05) is 18.5 Å². The first-order chi connectivity index (χ1) is 9.88. The number of aromatic nitrogens is 4. The van der Waals surface area contributed by atoms with Gasteiger partial charge >= 0.3 is 0 Å². The highest BCUT2D eigenvalue weighted by Gasteiger charge is 2.26. The molecule has 0 fully saturated rings. The molecule has 0 unspecified atom stereocenters. The summed E-state index contributed by atoms with van der Waals surface area (Å²) in [6.07, 6.45) is 2.71. The van der Waals surface area contributed by atoms with Crippen LogP contribution in [-0.4, -0.2) is 19.7 Å². The van der Waals surface area contributed by atoms with E-state index in [4.69, 9.17) is 11.6 Å². The molecule has 0 atom stereocenters. The Morgan fingerprint density at radius 3 is 2.71 bits per heavy atom. The van der Waals surface area contributed by atoms with Crippen molar-refractivity contribution in [2.24, 2.45) is 0 Å². The normalized spacial score (nSPS) is 12.0. The Labute approximate surface area is 122 Å². The van der Waals surface area contributed by atoms with Crippen LogP contribution in [0.5, 0.6) is 0 Å². The predicted octanol–water partition coefficient (Wildman–Crippen LogP) is 3.72. The molecule has 21 heavy (non-hydrogen) atoms. The van der Waals surface area contributed by atoms with E-state index in [2.05, 4.69) is 15.1 Å². The zero-order valence-corrected chi connectivity index (χ0v) is 11.4. The number of nitrogens with zero attached hydrogens (tertiary/aromatic N) is 4. The van der Waals surface area contributed by atoms with E-state index in [1.807, 2.05) is 0 Å². The van der Waals surface area contributed by atoms with Crippen molar-refractivity contribution in [1.82, 2.24) is 19.7 Å². The number of halogens is 4. The maximum Gasteiger partial charge on any atom is 0.287 e. The van der Waals surface area contributed by atoms with Crippen LogP contribution in [0, 0.1) is 5.82 Å². The van der Waals surface area contributed by atoms with Crippen LogP contribution in [0.25, 0.3) is 16.7 Å². The molecule has 0 saturated carbocycles. The van der Waals surface area contributed by atoms with E-state index in [1.165, 1.54) is 30.6 Å². The summed E-state index contributed by atoms with van der Waals surface area (Å²) in [6, 6.07) is 4.05. The molecule has 3 heterocycles. The monoisotopic (exact) mass is 312 g/mol. The van der Waals surface area contributed by atoms with E-state index in [-0.39, 0.29) is 16.5 Å². The first-order valence-electron chi connectivity index (χ1n) is 5.91. The molecule has 0 aliphatic heterocycles. The minimum atomic E-state index is -3.10. The third-order valence-corrected chi connectivity index (χ3v) is 3.17. The molecule has 0 aliphatic rings. The largest absolute Gasteiger partial charge is 0.287 e. The van der Waals surface area contributed by atoms with Gasteiger partial charge in [-0.1, -0.05) is 17.7 Å². The molecular weight excluding hydrogens is 305 g/mol. The fourth-order valence-electron chi connectivity index (χ4n) is 1.92. The molecule has 8 heteroatoms. The van der Waals surface area contributed by atoms with Gasteiger partial charge in [-0.15, -0.1) is 0 Å². The summed E-state index contributed by atoms with van der Waals surface area (Å²) in [5.41, 5.74) is -0.386. The first kappa shape index (κ1) is 13.8. The minimum Gasteiger partial charge on any atom is -0.241 e. The maximum absolute atomic E-state index is 14.1. The van der Waals surface area contributed by atoms with Gasteiger partial charge in [-0.2, -0.15) is 13.9 Å². The lowest BCUT2D eigenvalue weighted by Crippen LogP contribution is -2.12. The van der Waals surface area contributed by atoms with Gasteiger partial charge in [0.1, 0.15) is 11.2 Å². The van der Waals surface area contributed by atoms with Crippen LogP contribution in [0.3, 0.4) is 0 Å². The van der Waals surface area contributed by atoms with E-state index in [0.717, 1.165) is 11.6 Å². The smallest absolute Gasteiger partial charge is 0.241 e. The van der Waals surface area contributed by atoms with Crippen molar-refractivity contribution in [3.8, 4) is 5.82 Å². The topological polar surface area (TPSA) is 43.6 Å². The summed E-state index contributed by atoms with van der Waals surface area (Å²) >= 11 is 5.64. The van der Waals surface area contributed by atoms with Crippen LogP contribution in [0.4, 0.5) is 13.2 Å². The fourth-order valence-corrected chi connectivity index (χ4v) is 2.05. The summed E-state index contributed by atoms with van der Waals surface area (Å²) < 4.78 is 41.9. The Morgan fingerprint density at radius 2 is 2.00 bits per heavy atom. The molecule has 3 aromatic heterocycles. The van der Waals surface area contributed by atoms with Crippen LogP contribution in [0.2, 0.25) is 5.15 Å². The SMILES string of the molecule is CC(F)(F)c1cccc(-n2ncc3cnc(Cl)c(F)c32)n1. The molecule has 0 spiro atoms. The molecule has 4 nitrogen and oxygen atoms in total. The first-order valence-corrected chi connectivity index (χ1v) is 6.29. The summed E-state index contributed by atoms with van der Waals surface area (Å²) in [5, 5.41) is 4.04. The van der Waals surface area contributed by atoms with Crippen LogP contribution < -0.4 is 0 Å². The third-order valence-electron chi connectivity index (χ3n) is 2.90. The molecule has 0 saturated heterocycles. The van der Waals surface area contributed by atoms with Gasteiger partial charge in [0.25, 0.3) is 5.92 Å². The zero-order valence-electron chi connectivity index (χ0n) is 10.7. The number of pyridine rings is 2. The van der Waals surface area contributed by atoms with E-state index in [9.17, 15) is 13.2 Å².